The van der Waals surface area contributed by atoms with Crippen LogP contribution >= 0.6 is 0 Å². The van der Waals surface area contributed by atoms with Crippen LogP contribution in [0, 0.1) is 29.1 Å². The summed E-state index contributed by atoms with van der Waals surface area (Å²) in [6.07, 6.45) is 3.71. The molecule has 10 heteroatoms. The Hall–Kier alpha value is -2.63. The van der Waals surface area contributed by atoms with Crippen LogP contribution in [-0.2, 0) is 44.4 Å². The molecular weight excluding hydrogens is 653 g/mol. The molecule has 4 aliphatic heterocycles. The van der Waals surface area contributed by atoms with Crippen LogP contribution in [0.2, 0.25) is 18.1 Å². The fourth-order valence-electron chi connectivity index (χ4n) is 11.0. The molecular formula is C40H54O9Si. The normalized spacial score (nSPS) is 41.7. The molecule has 10 atom stereocenters. The zero-order chi connectivity index (χ0) is 36.1. The lowest BCUT2D eigenvalue weighted by molar-refractivity contribution is -0.301. The third-order valence-electron chi connectivity index (χ3n) is 13.8. The Morgan fingerprint density at radius 2 is 1.68 bits per heavy atom. The molecule has 0 radical (unpaired) electrons. The topological polar surface area (TPSA) is 118 Å². The highest BCUT2D eigenvalue weighted by Gasteiger charge is 2.78. The number of cyclic esters (lactones) is 2. The van der Waals surface area contributed by atoms with Crippen molar-refractivity contribution in [2.75, 3.05) is 0 Å². The van der Waals surface area contributed by atoms with E-state index in [0.29, 0.717) is 24.8 Å². The maximum atomic E-state index is 14.5. The van der Waals surface area contributed by atoms with E-state index in [9.17, 15) is 19.5 Å². The number of hydrogen-bond donors (Lipinski definition) is 1. The zero-order valence-electron chi connectivity index (χ0n) is 30.9. The summed E-state index contributed by atoms with van der Waals surface area (Å²) in [5.41, 5.74) is -2.05. The Balaban J connectivity index is 1.40. The largest absolute Gasteiger partial charge is 0.457 e. The highest BCUT2D eigenvalue weighted by molar-refractivity contribution is 6.73. The molecule has 0 amide bonds. The van der Waals surface area contributed by atoms with Crippen LogP contribution in [0.1, 0.15) is 86.6 Å². The Morgan fingerprint density at radius 3 is 2.30 bits per heavy atom. The van der Waals surface area contributed by atoms with Crippen molar-refractivity contribution in [3.63, 3.8) is 0 Å². The van der Waals surface area contributed by atoms with Crippen molar-refractivity contribution in [1.29, 1.82) is 0 Å². The van der Waals surface area contributed by atoms with Crippen LogP contribution < -0.4 is 0 Å². The lowest BCUT2D eigenvalue weighted by atomic mass is 9.63. The summed E-state index contributed by atoms with van der Waals surface area (Å²) in [6, 6.07) is 12.4. The van der Waals surface area contributed by atoms with Gasteiger partial charge < -0.3 is 28.5 Å². The van der Waals surface area contributed by atoms with E-state index >= 15 is 0 Å². The predicted molar refractivity (Wildman–Crippen MR) is 188 cm³/mol. The van der Waals surface area contributed by atoms with Crippen molar-refractivity contribution < 1.29 is 42.9 Å². The lowest BCUT2D eigenvalue weighted by Gasteiger charge is -2.45. The van der Waals surface area contributed by atoms with Gasteiger partial charge in [-0.1, -0.05) is 71.0 Å². The number of Topliss-reactive ketones (excluding diaryl/α,β-unsaturated/α-hetero) is 1. The zero-order valence-corrected chi connectivity index (χ0v) is 31.9. The molecule has 4 heterocycles. The smallest absolute Gasteiger partial charge is 0.338 e. The average molecular weight is 707 g/mol. The second-order valence-corrected chi connectivity index (χ2v) is 21.4. The van der Waals surface area contributed by atoms with E-state index < -0.39 is 72.3 Å². The molecule has 6 aliphatic rings. The number of carbonyl (C=O) groups is 3. The molecule has 1 aromatic carbocycles. The van der Waals surface area contributed by atoms with Gasteiger partial charge in [0.15, 0.2) is 13.9 Å². The standard InChI is InChI=1S/C40H54O9Si/c1-9-50(10-2,11-3)49-39-23-38-20-19-37(8)31(30(25(5)32(37)41)28-21-24(4)34(42)46-28)40(44,48-38)33(45-22-26-15-13-12-14-16-26)27(38)17-18-29(39)36(6,7)47-35(39)43/h12-17,21,25,28-31,33,44H,9-11,18-20,22-23H2,1-8H3/t25-,28-,29-,30+,31-,33-,37-,38-,39+,40-/m0/s1. The van der Waals surface area contributed by atoms with Gasteiger partial charge in [0.1, 0.15) is 23.6 Å². The fraction of sp³-hybridized carbons (Fsp3) is 0.675. The quantitative estimate of drug-likeness (QED) is 0.173. The van der Waals surface area contributed by atoms with Crippen molar-refractivity contribution >= 4 is 26.0 Å². The molecule has 272 valence electrons. The summed E-state index contributed by atoms with van der Waals surface area (Å²) >= 11 is 0. The summed E-state index contributed by atoms with van der Waals surface area (Å²) in [7, 11) is -2.40. The van der Waals surface area contributed by atoms with E-state index in [1.54, 1.807) is 13.0 Å². The molecule has 2 bridgehead atoms. The van der Waals surface area contributed by atoms with Crippen LogP contribution in [0.3, 0.4) is 0 Å². The van der Waals surface area contributed by atoms with E-state index in [-0.39, 0.29) is 30.7 Å². The van der Waals surface area contributed by atoms with Gasteiger partial charge in [-0.05, 0) is 75.4 Å². The second-order valence-electron chi connectivity index (χ2n) is 16.7. The van der Waals surface area contributed by atoms with Gasteiger partial charge in [0.25, 0.3) is 0 Å². The number of ether oxygens (including phenoxy) is 4. The minimum atomic E-state index is -2.40. The number of fused-ring (bicyclic) bond motifs is 4. The molecule has 1 spiro atoms. The van der Waals surface area contributed by atoms with Crippen molar-refractivity contribution in [3.05, 3.63) is 59.2 Å². The number of ketones is 1. The minimum Gasteiger partial charge on any atom is -0.457 e. The van der Waals surface area contributed by atoms with E-state index in [1.165, 1.54) is 0 Å². The van der Waals surface area contributed by atoms with Crippen molar-refractivity contribution in [1.82, 2.24) is 0 Å². The SMILES string of the molecule is CC[Si](CC)(CC)O[C@]12C[C@]34CC[C@]5(C)C(=O)[C@@H](C)[C@H]([C@@H]6C=C(C)C(=O)O6)[C@@H]5[C@](O)(O3)[C@@H](OCc3ccccc3)C4=CC[C@H]1C(C)(C)OC2=O. The monoisotopic (exact) mass is 706 g/mol. The van der Waals surface area contributed by atoms with E-state index in [0.717, 1.165) is 29.3 Å². The van der Waals surface area contributed by atoms with Crippen molar-refractivity contribution in [2.45, 2.75) is 141 Å². The van der Waals surface area contributed by atoms with Crippen LogP contribution in [0.15, 0.2) is 53.6 Å². The van der Waals surface area contributed by atoms with Gasteiger partial charge in [-0.15, -0.1) is 0 Å². The molecule has 7 rings (SSSR count). The molecule has 2 aliphatic carbocycles. The Kier molecular flexibility index (Phi) is 8.54. The Bertz CT molecular complexity index is 1620. The first-order valence-electron chi connectivity index (χ1n) is 18.7. The summed E-state index contributed by atoms with van der Waals surface area (Å²) in [4.78, 5) is 41.6. The van der Waals surface area contributed by atoms with Gasteiger partial charge in [0.05, 0.1) is 12.2 Å². The number of benzene rings is 1. The van der Waals surface area contributed by atoms with Crippen molar-refractivity contribution in [3.8, 4) is 0 Å². The fourth-order valence-corrected chi connectivity index (χ4v) is 14.0. The summed E-state index contributed by atoms with van der Waals surface area (Å²) in [5, 5.41) is 13.4. The van der Waals surface area contributed by atoms with Crippen LogP contribution in [0.5, 0.6) is 0 Å². The summed E-state index contributed by atoms with van der Waals surface area (Å²) in [5.74, 6) is -4.86. The molecule has 1 saturated carbocycles. The predicted octanol–water partition coefficient (Wildman–Crippen LogP) is 6.58. The minimum absolute atomic E-state index is 0.0167. The summed E-state index contributed by atoms with van der Waals surface area (Å²) < 4.78 is 33.5. The third-order valence-corrected chi connectivity index (χ3v) is 18.5. The molecule has 1 aromatic rings. The maximum Gasteiger partial charge on any atom is 0.338 e. The first kappa shape index (κ1) is 35.8. The number of rotatable bonds is 9. The van der Waals surface area contributed by atoms with Gasteiger partial charge in [-0.2, -0.15) is 0 Å². The number of carbonyl (C=O) groups excluding carboxylic acids is 3. The van der Waals surface area contributed by atoms with Crippen LogP contribution in [0.4, 0.5) is 0 Å². The molecule has 50 heavy (non-hydrogen) atoms. The van der Waals surface area contributed by atoms with Gasteiger partial charge in [-0.25, -0.2) is 9.59 Å². The number of aliphatic hydroxyl groups is 1. The molecule has 0 unspecified atom stereocenters. The highest BCUT2D eigenvalue weighted by Crippen LogP contribution is 2.68. The molecule has 3 saturated heterocycles. The Morgan fingerprint density at radius 1 is 1.00 bits per heavy atom. The molecule has 9 nitrogen and oxygen atoms in total. The molecule has 1 N–H and O–H groups in total. The molecule has 0 aromatic heterocycles. The third kappa shape index (κ3) is 4.95. The van der Waals surface area contributed by atoms with Crippen molar-refractivity contribution in [2.24, 2.45) is 29.1 Å². The van der Waals surface area contributed by atoms with Crippen LogP contribution in [0.25, 0.3) is 0 Å². The van der Waals surface area contributed by atoms with Gasteiger partial charge in [0.2, 0.25) is 5.79 Å². The number of esters is 2. The number of hydrogen-bond acceptors (Lipinski definition) is 9. The van der Waals surface area contributed by atoms with Gasteiger partial charge >= 0.3 is 11.9 Å². The second kappa shape index (κ2) is 11.9. The molecule has 4 fully saturated rings. The number of allylic oxidation sites excluding steroid dienone is 1. The Labute approximate surface area is 297 Å². The van der Waals surface area contributed by atoms with Gasteiger partial charge in [0, 0.05) is 41.1 Å². The average Bonchev–Trinajstić information content (AvgIpc) is 3.60. The van der Waals surface area contributed by atoms with Gasteiger partial charge in [-0.3, -0.25) is 4.79 Å². The maximum absolute atomic E-state index is 14.5. The van der Waals surface area contributed by atoms with E-state index in [2.05, 4.69) is 26.8 Å². The van der Waals surface area contributed by atoms with E-state index in [4.69, 9.17) is 23.4 Å². The first-order valence-corrected chi connectivity index (χ1v) is 21.2. The van der Waals surface area contributed by atoms with E-state index in [1.807, 2.05) is 58.0 Å². The summed E-state index contributed by atoms with van der Waals surface area (Å²) in [6.45, 7) is 16.1. The highest BCUT2D eigenvalue weighted by atomic mass is 28.4. The van der Waals surface area contributed by atoms with Crippen LogP contribution in [-0.4, -0.2) is 65.9 Å². The lowest BCUT2D eigenvalue weighted by Crippen LogP contribution is -2.58. The first-order chi connectivity index (χ1) is 23.6.